The Morgan fingerprint density at radius 1 is 1.60 bits per heavy atom. The number of allylic oxidation sites excluding steroid dienone is 2. The fourth-order valence-corrected chi connectivity index (χ4v) is 0.762. The van der Waals surface area contributed by atoms with Gasteiger partial charge in [0.2, 0.25) is 0 Å². The van der Waals surface area contributed by atoms with Gasteiger partial charge in [-0.25, -0.2) is 0 Å². The van der Waals surface area contributed by atoms with Crippen LogP contribution in [0.5, 0.6) is 0 Å². The molecular formula is C9H17N. The summed E-state index contributed by atoms with van der Waals surface area (Å²) in [6, 6.07) is 0. The van der Waals surface area contributed by atoms with Crippen molar-refractivity contribution >= 4 is 0 Å². The second-order valence-electron chi connectivity index (χ2n) is 2.60. The second kappa shape index (κ2) is 5.10. The molecule has 0 aliphatic heterocycles. The summed E-state index contributed by atoms with van der Waals surface area (Å²) in [5.74, 6) is 0.590. The molecule has 0 rings (SSSR count). The molecule has 0 aliphatic rings. The van der Waals surface area contributed by atoms with Gasteiger partial charge in [-0.1, -0.05) is 26.5 Å². The first-order valence-electron chi connectivity index (χ1n) is 3.78. The normalized spacial score (nSPS) is 11.8. The van der Waals surface area contributed by atoms with Crippen LogP contribution in [0.1, 0.15) is 20.8 Å². The summed E-state index contributed by atoms with van der Waals surface area (Å²) >= 11 is 0. The zero-order valence-electron chi connectivity index (χ0n) is 7.15. The summed E-state index contributed by atoms with van der Waals surface area (Å²) in [5.41, 5.74) is 1.14. The Balaban J connectivity index is 3.90. The molecule has 0 unspecified atom stereocenters. The van der Waals surface area contributed by atoms with Crippen molar-refractivity contribution in [2.75, 3.05) is 6.54 Å². The first-order chi connectivity index (χ1) is 4.70. The van der Waals surface area contributed by atoms with E-state index in [0.717, 1.165) is 12.2 Å². The zero-order chi connectivity index (χ0) is 7.98. The van der Waals surface area contributed by atoms with Gasteiger partial charge >= 0.3 is 0 Å². The highest BCUT2D eigenvalue weighted by Crippen LogP contribution is 1.99. The van der Waals surface area contributed by atoms with Crippen molar-refractivity contribution in [3.63, 3.8) is 0 Å². The van der Waals surface area contributed by atoms with E-state index in [-0.39, 0.29) is 0 Å². The summed E-state index contributed by atoms with van der Waals surface area (Å²) < 4.78 is 0. The number of hydrogen-bond acceptors (Lipinski definition) is 1. The minimum Gasteiger partial charge on any atom is -0.386 e. The number of nitrogens with one attached hydrogen (secondary N) is 1. The Morgan fingerprint density at radius 2 is 2.20 bits per heavy atom. The fraction of sp³-hybridized carbons (Fsp3) is 0.556. The average Bonchev–Trinajstić information content (AvgIpc) is 1.86. The van der Waals surface area contributed by atoms with Gasteiger partial charge in [-0.2, -0.15) is 0 Å². The SMILES string of the molecule is C=C/C(=C\C(C)C)NCC. The molecule has 0 fully saturated rings. The predicted octanol–water partition coefficient (Wildman–Crippen LogP) is 2.32. The minimum atomic E-state index is 0.590. The molecular weight excluding hydrogens is 122 g/mol. The lowest BCUT2D eigenvalue weighted by Gasteiger charge is -2.04. The summed E-state index contributed by atoms with van der Waals surface area (Å²) in [6.45, 7) is 11.1. The molecule has 0 atom stereocenters. The van der Waals surface area contributed by atoms with Gasteiger partial charge in [0.1, 0.15) is 0 Å². The molecule has 0 spiro atoms. The van der Waals surface area contributed by atoms with Crippen molar-refractivity contribution in [1.82, 2.24) is 5.32 Å². The maximum absolute atomic E-state index is 3.70. The Labute approximate surface area is 63.8 Å². The van der Waals surface area contributed by atoms with Crippen LogP contribution in [0.3, 0.4) is 0 Å². The number of rotatable bonds is 4. The van der Waals surface area contributed by atoms with Crippen LogP contribution in [0.2, 0.25) is 0 Å². The minimum absolute atomic E-state index is 0.590. The quantitative estimate of drug-likeness (QED) is 0.589. The van der Waals surface area contributed by atoms with Crippen molar-refractivity contribution in [2.24, 2.45) is 5.92 Å². The van der Waals surface area contributed by atoms with Crippen LogP contribution in [0.4, 0.5) is 0 Å². The topological polar surface area (TPSA) is 12.0 Å². The Bertz CT molecular complexity index is 123. The number of likely N-dealkylation sites (N-methyl/N-ethyl adjacent to an activating group) is 1. The van der Waals surface area contributed by atoms with Gasteiger partial charge in [0.05, 0.1) is 0 Å². The van der Waals surface area contributed by atoms with Crippen molar-refractivity contribution in [2.45, 2.75) is 20.8 Å². The van der Waals surface area contributed by atoms with Crippen molar-refractivity contribution in [1.29, 1.82) is 0 Å². The van der Waals surface area contributed by atoms with E-state index >= 15 is 0 Å². The maximum atomic E-state index is 3.70. The lowest BCUT2D eigenvalue weighted by molar-refractivity contribution is 0.791. The standard InChI is InChI=1S/C9H17N/c1-5-9(10-6-2)7-8(3)4/h5,7-8,10H,1,6H2,2-4H3/b9-7+. The second-order valence-corrected chi connectivity index (χ2v) is 2.60. The molecule has 10 heavy (non-hydrogen) atoms. The van der Waals surface area contributed by atoms with E-state index in [4.69, 9.17) is 0 Å². The molecule has 0 bridgehead atoms. The van der Waals surface area contributed by atoms with E-state index in [1.807, 2.05) is 6.08 Å². The molecule has 0 saturated heterocycles. The predicted molar refractivity (Wildman–Crippen MR) is 46.8 cm³/mol. The van der Waals surface area contributed by atoms with E-state index in [9.17, 15) is 0 Å². The van der Waals surface area contributed by atoms with Gasteiger partial charge in [0.25, 0.3) is 0 Å². The molecule has 0 amide bonds. The van der Waals surface area contributed by atoms with Gasteiger partial charge in [0, 0.05) is 12.2 Å². The van der Waals surface area contributed by atoms with Crippen molar-refractivity contribution < 1.29 is 0 Å². The fourth-order valence-electron chi connectivity index (χ4n) is 0.762. The highest BCUT2D eigenvalue weighted by molar-refractivity contribution is 5.14. The molecule has 0 saturated carbocycles. The van der Waals surface area contributed by atoms with Crippen LogP contribution in [0.25, 0.3) is 0 Å². The smallest absolute Gasteiger partial charge is 0.0296 e. The highest BCUT2D eigenvalue weighted by Gasteiger charge is 1.89. The largest absolute Gasteiger partial charge is 0.386 e. The van der Waals surface area contributed by atoms with E-state index in [1.54, 1.807) is 0 Å². The lowest BCUT2D eigenvalue weighted by Crippen LogP contribution is -2.10. The molecule has 58 valence electrons. The molecule has 0 aliphatic carbocycles. The molecule has 0 aromatic carbocycles. The number of hydrogen-bond donors (Lipinski definition) is 1. The van der Waals surface area contributed by atoms with Crippen LogP contribution in [0, 0.1) is 5.92 Å². The van der Waals surface area contributed by atoms with Gasteiger partial charge in [-0.05, 0) is 18.9 Å². The molecule has 0 radical (unpaired) electrons. The van der Waals surface area contributed by atoms with Crippen LogP contribution >= 0.6 is 0 Å². The third-order valence-electron chi connectivity index (χ3n) is 1.11. The van der Waals surface area contributed by atoms with Crippen molar-refractivity contribution in [3.8, 4) is 0 Å². The summed E-state index contributed by atoms with van der Waals surface area (Å²) in [7, 11) is 0. The molecule has 0 heterocycles. The monoisotopic (exact) mass is 139 g/mol. The molecule has 1 heteroatoms. The lowest BCUT2D eigenvalue weighted by atomic mass is 10.2. The van der Waals surface area contributed by atoms with Crippen LogP contribution in [-0.2, 0) is 0 Å². The molecule has 1 N–H and O–H groups in total. The van der Waals surface area contributed by atoms with Gasteiger partial charge in [0.15, 0.2) is 0 Å². The van der Waals surface area contributed by atoms with E-state index in [2.05, 4.69) is 38.7 Å². The Hall–Kier alpha value is -0.720. The van der Waals surface area contributed by atoms with Gasteiger partial charge < -0.3 is 5.32 Å². The van der Waals surface area contributed by atoms with E-state index in [1.165, 1.54) is 0 Å². The Kier molecular flexibility index (Phi) is 4.73. The van der Waals surface area contributed by atoms with Crippen molar-refractivity contribution in [3.05, 3.63) is 24.4 Å². The third-order valence-corrected chi connectivity index (χ3v) is 1.11. The van der Waals surface area contributed by atoms with Crippen LogP contribution in [-0.4, -0.2) is 6.54 Å². The maximum Gasteiger partial charge on any atom is 0.0296 e. The van der Waals surface area contributed by atoms with Crippen LogP contribution < -0.4 is 5.32 Å². The van der Waals surface area contributed by atoms with Crippen LogP contribution in [0.15, 0.2) is 24.4 Å². The van der Waals surface area contributed by atoms with E-state index in [0.29, 0.717) is 5.92 Å². The molecule has 0 aromatic rings. The molecule has 0 aromatic heterocycles. The highest BCUT2D eigenvalue weighted by atomic mass is 14.9. The average molecular weight is 139 g/mol. The summed E-state index contributed by atoms with van der Waals surface area (Å²) in [5, 5.41) is 3.21. The Morgan fingerprint density at radius 3 is 2.50 bits per heavy atom. The first kappa shape index (κ1) is 9.28. The van der Waals surface area contributed by atoms with E-state index < -0.39 is 0 Å². The zero-order valence-corrected chi connectivity index (χ0v) is 7.15. The van der Waals surface area contributed by atoms with Gasteiger partial charge in [-0.3, -0.25) is 0 Å². The third kappa shape index (κ3) is 4.19. The first-order valence-corrected chi connectivity index (χ1v) is 3.78. The summed E-state index contributed by atoms with van der Waals surface area (Å²) in [6.07, 6.45) is 4.01. The molecule has 1 nitrogen and oxygen atoms in total. The summed E-state index contributed by atoms with van der Waals surface area (Å²) in [4.78, 5) is 0. The van der Waals surface area contributed by atoms with Gasteiger partial charge in [-0.15, -0.1) is 0 Å².